The van der Waals surface area contributed by atoms with Gasteiger partial charge in [-0.15, -0.1) is 0 Å². The van der Waals surface area contributed by atoms with Gasteiger partial charge in [0.15, 0.2) is 9.84 Å². The lowest BCUT2D eigenvalue weighted by Gasteiger charge is -2.02. The van der Waals surface area contributed by atoms with Crippen molar-refractivity contribution in [1.82, 2.24) is 0 Å². The fourth-order valence-corrected chi connectivity index (χ4v) is 3.59. The highest BCUT2D eigenvalue weighted by atomic mass is 32.2. The first kappa shape index (κ1) is 7.06. The van der Waals surface area contributed by atoms with Gasteiger partial charge in [-0.2, -0.15) is 0 Å². The smallest absolute Gasteiger partial charge is 0.150 e. The van der Waals surface area contributed by atoms with E-state index in [4.69, 9.17) is 0 Å². The third kappa shape index (κ3) is 1.45. The highest BCUT2D eigenvalue weighted by molar-refractivity contribution is 7.91. The highest BCUT2D eigenvalue weighted by Crippen LogP contribution is 2.23. The van der Waals surface area contributed by atoms with Gasteiger partial charge < -0.3 is 0 Å². The summed E-state index contributed by atoms with van der Waals surface area (Å²) in [5.74, 6) is 1.53. The molecule has 1 aliphatic rings. The van der Waals surface area contributed by atoms with Crippen molar-refractivity contribution in [1.29, 1.82) is 0 Å². The Morgan fingerprint density at radius 2 is 1.44 bits per heavy atom. The first-order valence-corrected chi connectivity index (χ1v) is 5.04. The molecule has 2 atom stereocenters. The van der Waals surface area contributed by atoms with Gasteiger partial charge in [0.25, 0.3) is 0 Å². The summed E-state index contributed by atoms with van der Waals surface area (Å²) in [5.41, 5.74) is 0. The van der Waals surface area contributed by atoms with Crippen LogP contribution in [0, 0.1) is 11.8 Å². The fourth-order valence-electron chi connectivity index (χ4n) is 1.20. The van der Waals surface area contributed by atoms with Gasteiger partial charge >= 0.3 is 0 Å². The Hall–Kier alpha value is -0.0500. The Kier molecular flexibility index (Phi) is 1.55. The molecule has 1 saturated heterocycles. The maximum absolute atomic E-state index is 10.9. The van der Waals surface area contributed by atoms with Crippen LogP contribution in [-0.2, 0) is 9.84 Å². The minimum atomic E-state index is -2.64. The van der Waals surface area contributed by atoms with Gasteiger partial charge in [0.2, 0.25) is 0 Å². The van der Waals surface area contributed by atoms with Crippen molar-refractivity contribution in [3.05, 3.63) is 0 Å². The van der Waals surface area contributed by atoms with Crippen molar-refractivity contribution >= 4 is 9.84 Å². The second kappa shape index (κ2) is 1.97. The van der Waals surface area contributed by atoms with E-state index in [2.05, 4.69) is 0 Å². The molecule has 1 heterocycles. The van der Waals surface area contributed by atoms with E-state index in [0.717, 1.165) is 0 Å². The molecule has 0 aromatic rings. The molecule has 54 valence electrons. The number of hydrogen-bond acceptors (Lipinski definition) is 2. The lowest BCUT2D eigenvalue weighted by Crippen LogP contribution is -2.01. The molecular weight excluding hydrogens is 136 g/mol. The van der Waals surface area contributed by atoms with E-state index < -0.39 is 9.84 Å². The molecule has 0 amide bonds. The van der Waals surface area contributed by atoms with Crippen LogP contribution in [0.2, 0.25) is 0 Å². The Bertz CT molecular complexity index is 177. The molecule has 0 radical (unpaired) electrons. The minimum absolute atomic E-state index is 0.370. The zero-order valence-corrected chi connectivity index (χ0v) is 6.61. The lowest BCUT2D eigenvalue weighted by molar-refractivity contribution is 0.494. The summed E-state index contributed by atoms with van der Waals surface area (Å²) < 4.78 is 21.7. The average Bonchev–Trinajstić information content (AvgIpc) is 1.79. The minimum Gasteiger partial charge on any atom is -0.229 e. The van der Waals surface area contributed by atoms with Crippen LogP contribution in [0.3, 0.4) is 0 Å². The van der Waals surface area contributed by atoms with E-state index in [9.17, 15) is 8.42 Å². The maximum atomic E-state index is 10.9. The van der Waals surface area contributed by atoms with E-state index in [-0.39, 0.29) is 0 Å². The summed E-state index contributed by atoms with van der Waals surface area (Å²) in [7, 11) is -2.64. The quantitative estimate of drug-likeness (QED) is 0.506. The normalized spacial score (nSPS) is 41.1. The molecule has 0 aromatic heterocycles. The van der Waals surface area contributed by atoms with Gasteiger partial charge in [-0.05, 0) is 11.8 Å². The first-order valence-electron chi connectivity index (χ1n) is 3.22. The molecular formula is C6H12O2S. The summed E-state index contributed by atoms with van der Waals surface area (Å²) >= 11 is 0. The first-order chi connectivity index (χ1) is 4.01. The van der Waals surface area contributed by atoms with Crippen LogP contribution in [0.1, 0.15) is 13.8 Å². The van der Waals surface area contributed by atoms with Crippen molar-refractivity contribution in [2.24, 2.45) is 11.8 Å². The van der Waals surface area contributed by atoms with Crippen molar-refractivity contribution in [2.75, 3.05) is 11.5 Å². The molecule has 0 aromatic carbocycles. The zero-order chi connectivity index (χ0) is 7.07. The molecule has 0 N–H and O–H groups in total. The molecule has 0 bridgehead atoms. The van der Waals surface area contributed by atoms with Crippen LogP contribution in [-0.4, -0.2) is 19.9 Å². The molecule has 3 heteroatoms. The molecule has 1 aliphatic heterocycles. The Morgan fingerprint density at radius 3 is 1.56 bits per heavy atom. The predicted octanol–water partition coefficient (Wildman–Crippen LogP) is 0.687. The van der Waals surface area contributed by atoms with Gasteiger partial charge in [0, 0.05) is 0 Å². The molecule has 1 rings (SSSR count). The SMILES string of the molecule is CC1CS(=O)(=O)C[C@@H]1C. The van der Waals surface area contributed by atoms with Gasteiger partial charge in [0.1, 0.15) is 0 Å². The van der Waals surface area contributed by atoms with Crippen LogP contribution >= 0.6 is 0 Å². The fraction of sp³-hybridized carbons (Fsp3) is 1.00. The monoisotopic (exact) mass is 148 g/mol. The van der Waals surface area contributed by atoms with Crippen molar-refractivity contribution in [3.63, 3.8) is 0 Å². The summed E-state index contributed by atoms with van der Waals surface area (Å²) in [6, 6.07) is 0. The van der Waals surface area contributed by atoms with Crippen molar-refractivity contribution < 1.29 is 8.42 Å². The second-order valence-corrected chi connectivity index (χ2v) is 5.19. The van der Waals surface area contributed by atoms with Gasteiger partial charge in [-0.3, -0.25) is 0 Å². The van der Waals surface area contributed by atoms with Crippen LogP contribution in [0.15, 0.2) is 0 Å². The van der Waals surface area contributed by atoms with Crippen LogP contribution in [0.4, 0.5) is 0 Å². The molecule has 1 unspecified atom stereocenters. The van der Waals surface area contributed by atoms with Gasteiger partial charge in [-0.25, -0.2) is 8.42 Å². The van der Waals surface area contributed by atoms with E-state index >= 15 is 0 Å². The molecule has 1 fully saturated rings. The maximum Gasteiger partial charge on any atom is 0.150 e. The highest BCUT2D eigenvalue weighted by Gasteiger charge is 2.30. The predicted molar refractivity (Wildman–Crippen MR) is 37.0 cm³/mol. The summed E-state index contributed by atoms with van der Waals surface area (Å²) in [6.45, 7) is 3.99. The molecule has 0 aliphatic carbocycles. The molecule has 0 saturated carbocycles. The lowest BCUT2D eigenvalue weighted by atomic mass is 10.0. The summed E-state index contributed by atoms with van der Waals surface area (Å²) in [4.78, 5) is 0. The van der Waals surface area contributed by atoms with E-state index in [1.807, 2.05) is 13.8 Å². The van der Waals surface area contributed by atoms with E-state index in [1.165, 1.54) is 0 Å². The average molecular weight is 148 g/mol. The number of hydrogen-bond donors (Lipinski definition) is 0. The standard InChI is InChI=1S/C6H12O2S/c1-5-3-9(7,8)4-6(5)2/h5-6H,3-4H2,1-2H3/t5-,6?/m0/s1. The molecule has 0 spiro atoms. The number of rotatable bonds is 0. The largest absolute Gasteiger partial charge is 0.229 e. The Morgan fingerprint density at radius 1 is 1.11 bits per heavy atom. The zero-order valence-electron chi connectivity index (χ0n) is 5.79. The third-order valence-electron chi connectivity index (χ3n) is 2.01. The van der Waals surface area contributed by atoms with Crippen molar-refractivity contribution in [3.8, 4) is 0 Å². The van der Waals surface area contributed by atoms with Crippen LogP contribution in [0.5, 0.6) is 0 Å². The van der Waals surface area contributed by atoms with Gasteiger partial charge in [0.05, 0.1) is 11.5 Å². The summed E-state index contributed by atoms with van der Waals surface area (Å²) in [5, 5.41) is 0. The Labute approximate surface area is 56.2 Å². The number of sulfone groups is 1. The van der Waals surface area contributed by atoms with E-state index in [0.29, 0.717) is 23.3 Å². The van der Waals surface area contributed by atoms with Gasteiger partial charge in [-0.1, -0.05) is 13.8 Å². The Balaban J connectivity index is 2.77. The topological polar surface area (TPSA) is 34.1 Å². The molecule has 2 nitrogen and oxygen atoms in total. The van der Waals surface area contributed by atoms with Crippen molar-refractivity contribution in [2.45, 2.75) is 13.8 Å². The van der Waals surface area contributed by atoms with E-state index in [1.54, 1.807) is 0 Å². The summed E-state index contributed by atoms with van der Waals surface area (Å²) in [6.07, 6.45) is 0. The van der Waals surface area contributed by atoms with Crippen LogP contribution < -0.4 is 0 Å². The van der Waals surface area contributed by atoms with Crippen LogP contribution in [0.25, 0.3) is 0 Å². The molecule has 9 heavy (non-hydrogen) atoms. The second-order valence-electron chi connectivity index (χ2n) is 3.03. The third-order valence-corrected chi connectivity index (χ3v) is 4.07.